The summed E-state index contributed by atoms with van der Waals surface area (Å²) >= 11 is 2.97. The summed E-state index contributed by atoms with van der Waals surface area (Å²) in [5, 5.41) is 11.3. The number of thioether (sulfide) groups is 1. The Morgan fingerprint density at radius 3 is 2.79 bits per heavy atom. The molecule has 0 fully saturated rings. The van der Waals surface area contributed by atoms with Gasteiger partial charge in [0, 0.05) is 11.6 Å². The number of halogens is 2. The second kappa shape index (κ2) is 6.70. The highest BCUT2D eigenvalue weighted by atomic mass is 32.2. The van der Waals surface area contributed by atoms with Crippen LogP contribution in [-0.4, -0.2) is 16.3 Å². The number of hydrogen-bond acceptors (Lipinski definition) is 5. The summed E-state index contributed by atoms with van der Waals surface area (Å²) in [6.45, 7) is -0.176. The van der Waals surface area contributed by atoms with Crippen molar-refractivity contribution >= 4 is 39.0 Å². The van der Waals surface area contributed by atoms with Crippen molar-refractivity contribution in [3.05, 3.63) is 63.7 Å². The zero-order chi connectivity index (χ0) is 17.3. The van der Waals surface area contributed by atoms with Crippen LogP contribution in [0, 0.1) is 21.7 Å². The summed E-state index contributed by atoms with van der Waals surface area (Å²) in [6, 6.07) is 8.04. The molecule has 0 N–H and O–H groups in total. The fourth-order valence-electron chi connectivity index (χ4n) is 2.28. The number of hydrazine groups is 1. The lowest BCUT2D eigenvalue weighted by molar-refractivity contribution is -0.497. The smallest absolute Gasteiger partial charge is 0.165 e. The van der Waals surface area contributed by atoms with E-state index in [4.69, 9.17) is 0 Å². The lowest BCUT2D eigenvalue weighted by atomic mass is 10.2. The van der Waals surface area contributed by atoms with Gasteiger partial charge in [0.25, 0.3) is 0 Å². The van der Waals surface area contributed by atoms with E-state index in [1.807, 2.05) is 12.3 Å². The van der Waals surface area contributed by atoms with Crippen molar-refractivity contribution in [2.24, 2.45) is 0 Å². The van der Waals surface area contributed by atoms with Crippen LogP contribution in [0.1, 0.15) is 5.56 Å². The summed E-state index contributed by atoms with van der Waals surface area (Å²) in [5.41, 5.74) is 0.962. The number of rotatable bonds is 5. The van der Waals surface area contributed by atoms with Crippen molar-refractivity contribution < 1.29 is 13.8 Å². The SMILES string of the molecule is CSc1nc2c(CN(c3ccc(F)cc3F)[N+](=O)[O-])cccc2s1. The minimum absolute atomic E-state index is 0.176. The fourth-order valence-corrected chi connectivity index (χ4v) is 3.81. The fraction of sp³-hybridized carbons (Fsp3) is 0.133. The van der Waals surface area contributed by atoms with Gasteiger partial charge in [0.15, 0.2) is 15.2 Å². The van der Waals surface area contributed by atoms with E-state index < -0.39 is 16.7 Å². The lowest BCUT2D eigenvalue weighted by Crippen LogP contribution is -2.30. The zero-order valence-electron chi connectivity index (χ0n) is 12.4. The van der Waals surface area contributed by atoms with Crippen molar-refractivity contribution in [3.63, 3.8) is 0 Å². The number of fused-ring (bicyclic) bond motifs is 1. The molecule has 0 amide bonds. The molecule has 0 saturated heterocycles. The largest absolute Gasteiger partial charge is 0.234 e. The highest BCUT2D eigenvalue weighted by Crippen LogP contribution is 2.31. The van der Waals surface area contributed by atoms with Gasteiger partial charge in [-0.1, -0.05) is 28.9 Å². The van der Waals surface area contributed by atoms with Crippen LogP contribution in [0.15, 0.2) is 40.7 Å². The Hall–Kier alpha value is -2.26. The summed E-state index contributed by atoms with van der Waals surface area (Å²) in [5.74, 6) is -1.77. The van der Waals surface area contributed by atoms with Gasteiger partial charge in [-0.3, -0.25) is 0 Å². The van der Waals surface area contributed by atoms with E-state index in [0.29, 0.717) is 22.2 Å². The summed E-state index contributed by atoms with van der Waals surface area (Å²) < 4.78 is 28.7. The van der Waals surface area contributed by atoms with E-state index in [0.717, 1.165) is 21.2 Å². The first-order chi connectivity index (χ1) is 11.5. The number of nitro groups is 1. The van der Waals surface area contributed by atoms with Gasteiger partial charge < -0.3 is 0 Å². The van der Waals surface area contributed by atoms with Crippen molar-refractivity contribution in [1.82, 2.24) is 4.98 Å². The molecule has 9 heteroatoms. The summed E-state index contributed by atoms with van der Waals surface area (Å²) in [7, 11) is 0. The van der Waals surface area contributed by atoms with E-state index in [1.54, 1.807) is 12.1 Å². The molecule has 24 heavy (non-hydrogen) atoms. The Kier molecular flexibility index (Phi) is 4.63. The third-order valence-electron chi connectivity index (χ3n) is 3.36. The van der Waals surface area contributed by atoms with E-state index in [9.17, 15) is 18.9 Å². The zero-order valence-corrected chi connectivity index (χ0v) is 14.0. The second-order valence-electron chi connectivity index (χ2n) is 4.84. The molecule has 1 heterocycles. The number of aromatic nitrogens is 1. The van der Waals surface area contributed by atoms with Crippen LogP contribution < -0.4 is 5.01 Å². The molecule has 5 nitrogen and oxygen atoms in total. The monoisotopic (exact) mass is 367 g/mol. The van der Waals surface area contributed by atoms with E-state index in [1.165, 1.54) is 23.1 Å². The van der Waals surface area contributed by atoms with Crippen molar-refractivity contribution in [2.75, 3.05) is 11.3 Å². The van der Waals surface area contributed by atoms with Crippen LogP contribution >= 0.6 is 23.1 Å². The predicted octanol–water partition coefficient (Wildman–Crippen LogP) is 4.49. The quantitative estimate of drug-likeness (QED) is 0.378. The van der Waals surface area contributed by atoms with Crippen molar-refractivity contribution in [3.8, 4) is 0 Å². The van der Waals surface area contributed by atoms with Crippen LogP contribution in [0.3, 0.4) is 0 Å². The van der Waals surface area contributed by atoms with E-state index >= 15 is 0 Å². The van der Waals surface area contributed by atoms with Gasteiger partial charge in [0.05, 0.1) is 10.2 Å². The summed E-state index contributed by atoms with van der Waals surface area (Å²) in [6.07, 6.45) is 1.90. The highest BCUT2D eigenvalue weighted by molar-refractivity contribution is 8.00. The maximum absolute atomic E-state index is 13.9. The van der Waals surface area contributed by atoms with Gasteiger partial charge in [-0.05, 0) is 24.5 Å². The van der Waals surface area contributed by atoms with Gasteiger partial charge in [0.1, 0.15) is 18.0 Å². The average Bonchev–Trinajstić information content (AvgIpc) is 2.97. The molecule has 0 radical (unpaired) electrons. The molecule has 3 aromatic rings. The molecule has 0 atom stereocenters. The number of benzene rings is 2. The molecule has 0 aliphatic carbocycles. The normalized spacial score (nSPS) is 11.0. The predicted molar refractivity (Wildman–Crippen MR) is 90.9 cm³/mol. The van der Waals surface area contributed by atoms with Gasteiger partial charge in [-0.2, -0.15) is 0 Å². The van der Waals surface area contributed by atoms with E-state index in [-0.39, 0.29) is 12.2 Å². The third-order valence-corrected chi connectivity index (χ3v) is 5.37. The number of nitrogens with zero attached hydrogens (tertiary/aromatic N) is 3. The number of anilines is 1. The number of thiazole rings is 1. The Bertz CT molecular complexity index is 917. The first kappa shape index (κ1) is 16.6. The molecule has 2 aromatic carbocycles. The Morgan fingerprint density at radius 1 is 1.33 bits per heavy atom. The van der Waals surface area contributed by atoms with Crippen LogP contribution in [0.25, 0.3) is 10.2 Å². The molecule has 0 unspecified atom stereocenters. The first-order valence-corrected chi connectivity index (χ1v) is 8.83. The topological polar surface area (TPSA) is 59.3 Å². The third kappa shape index (κ3) is 3.17. The number of hydrogen-bond donors (Lipinski definition) is 0. The molecule has 0 aliphatic heterocycles. The maximum atomic E-state index is 13.9. The lowest BCUT2D eigenvalue weighted by Gasteiger charge is -2.15. The van der Waals surface area contributed by atoms with Crippen LogP contribution in [0.2, 0.25) is 0 Å². The minimum atomic E-state index is -0.984. The van der Waals surface area contributed by atoms with Crippen molar-refractivity contribution in [1.29, 1.82) is 0 Å². The standard InChI is InChI=1S/C15H11F2N3O2S2/c1-23-15-18-14-9(3-2-4-13(14)24-15)8-19(20(21)22)12-6-5-10(16)7-11(12)17/h2-7H,8H2,1H3. The Labute approximate surface area is 144 Å². The maximum Gasteiger partial charge on any atom is 0.165 e. The molecular formula is C15H11F2N3O2S2. The molecule has 124 valence electrons. The second-order valence-corrected chi connectivity index (χ2v) is 6.92. The van der Waals surface area contributed by atoms with E-state index in [2.05, 4.69) is 4.98 Å². The Balaban J connectivity index is 2.03. The molecule has 0 aliphatic rings. The molecule has 1 aromatic heterocycles. The van der Waals surface area contributed by atoms with Gasteiger partial charge >= 0.3 is 0 Å². The summed E-state index contributed by atoms with van der Waals surface area (Å²) in [4.78, 5) is 15.8. The Morgan fingerprint density at radius 2 is 2.12 bits per heavy atom. The average molecular weight is 367 g/mol. The molecule has 0 spiro atoms. The molecule has 0 saturated carbocycles. The van der Waals surface area contributed by atoms with Gasteiger partial charge in [0.2, 0.25) is 0 Å². The minimum Gasteiger partial charge on any atom is -0.234 e. The van der Waals surface area contributed by atoms with Gasteiger partial charge in [-0.25, -0.2) is 23.9 Å². The molecular weight excluding hydrogens is 356 g/mol. The van der Waals surface area contributed by atoms with Gasteiger partial charge in [-0.15, -0.1) is 11.3 Å². The number of para-hydroxylation sites is 1. The molecule has 3 rings (SSSR count). The van der Waals surface area contributed by atoms with Crippen LogP contribution in [-0.2, 0) is 6.54 Å². The molecule has 0 bridgehead atoms. The van der Waals surface area contributed by atoms with Crippen LogP contribution in [0.4, 0.5) is 14.5 Å². The van der Waals surface area contributed by atoms with Crippen LogP contribution in [0.5, 0.6) is 0 Å². The van der Waals surface area contributed by atoms with Crippen molar-refractivity contribution in [2.45, 2.75) is 10.9 Å². The first-order valence-electron chi connectivity index (χ1n) is 6.79. The highest BCUT2D eigenvalue weighted by Gasteiger charge is 2.23.